The molecule has 1 aliphatic heterocycles. The second kappa shape index (κ2) is 4.94. The van der Waals surface area contributed by atoms with Crippen LogP contribution < -0.4 is 0 Å². The van der Waals surface area contributed by atoms with Gasteiger partial charge in [-0.25, -0.2) is 0 Å². The van der Waals surface area contributed by atoms with Crippen molar-refractivity contribution < 1.29 is 5.11 Å². The minimum absolute atomic E-state index is 0.277. The monoisotopic (exact) mass is 186 g/mol. The van der Waals surface area contributed by atoms with Crippen LogP contribution in [-0.2, 0) is 0 Å². The van der Waals surface area contributed by atoms with E-state index < -0.39 is 0 Å². The standard InChI is InChI=1S/C10H22N2O/c1-9(2)8-11-4-6-12(7-5-11)10(3)13/h9-10,13H,4-8H2,1-3H3. The maximum atomic E-state index is 9.35. The Balaban J connectivity index is 2.22. The van der Waals surface area contributed by atoms with Crippen LogP contribution in [0.25, 0.3) is 0 Å². The number of rotatable bonds is 3. The molecule has 1 atom stereocenters. The van der Waals surface area contributed by atoms with Crippen molar-refractivity contribution in [1.29, 1.82) is 0 Å². The van der Waals surface area contributed by atoms with Crippen molar-refractivity contribution in [2.75, 3.05) is 32.7 Å². The number of hydrogen-bond donors (Lipinski definition) is 1. The SMILES string of the molecule is CC(C)CN1CCN(C(C)O)CC1. The molecule has 0 radical (unpaired) electrons. The van der Waals surface area contributed by atoms with E-state index in [2.05, 4.69) is 23.6 Å². The largest absolute Gasteiger partial charge is 0.379 e. The van der Waals surface area contributed by atoms with Crippen molar-refractivity contribution in [3.63, 3.8) is 0 Å². The first-order valence-corrected chi connectivity index (χ1v) is 5.24. The summed E-state index contributed by atoms with van der Waals surface area (Å²) in [5.41, 5.74) is 0. The smallest absolute Gasteiger partial charge is 0.104 e. The first-order valence-electron chi connectivity index (χ1n) is 5.24. The minimum atomic E-state index is -0.277. The molecule has 1 unspecified atom stereocenters. The molecule has 3 heteroatoms. The van der Waals surface area contributed by atoms with Crippen LogP contribution in [0.3, 0.4) is 0 Å². The average Bonchev–Trinajstić information content (AvgIpc) is 2.04. The molecule has 1 aliphatic rings. The third kappa shape index (κ3) is 3.63. The summed E-state index contributed by atoms with van der Waals surface area (Å²) in [6.45, 7) is 11.7. The van der Waals surface area contributed by atoms with Crippen LogP contribution in [0.4, 0.5) is 0 Å². The molecule has 3 nitrogen and oxygen atoms in total. The second-order valence-electron chi connectivity index (χ2n) is 4.36. The average molecular weight is 186 g/mol. The molecular weight excluding hydrogens is 164 g/mol. The number of nitrogens with zero attached hydrogens (tertiary/aromatic N) is 2. The minimum Gasteiger partial charge on any atom is -0.379 e. The predicted molar refractivity (Wildman–Crippen MR) is 54.5 cm³/mol. The Bertz CT molecular complexity index is 140. The fourth-order valence-corrected chi connectivity index (χ4v) is 1.84. The van der Waals surface area contributed by atoms with Crippen molar-refractivity contribution in [1.82, 2.24) is 9.80 Å². The summed E-state index contributed by atoms with van der Waals surface area (Å²) in [5, 5.41) is 9.35. The lowest BCUT2D eigenvalue weighted by Gasteiger charge is -2.36. The van der Waals surface area contributed by atoms with E-state index in [4.69, 9.17) is 0 Å². The van der Waals surface area contributed by atoms with Crippen molar-refractivity contribution in [3.05, 3.63) is 0 Å². The van der Waals surface area contributed by atoms with E-state index in [1.54, 1.807) is 0 Å². The first kappa shape index (κ1) is 11.0. The quantitative estimate of drug-likeness (QED) is 0.699. The van der Waals surface area contributed by atoms with Crippen molar-refractivity contribution in [2.45, 2.75) is 27.0 Å². The van der Waals surface area contributed by atoms with Gasteiger partial charge in [-0.2, -0.15) is 0 Å². The molecule has 0 spiro atoms. The second-order valence-corrected chi connectivity index (χ2v) is 4.36. The molecule has 13 heavy (non-hydrogen) atoms. The molecule has 1 fully saturated rings. The zero-order valence-electron chi connectivity index (χ0n) is 9.03. The van der Waals surface area contributed by atoms with Gasteiger partial charge in [-0.1, -0.05) is 13.8 Å². The third-order valence-electron chi connectivity index (χ3n) is 2.56. The van der Waals surface area contributed by atoms with Crippen molar-refractivity contribution in [2.24, 2.45) is 5.92 Å². The van der Waals surface area contributed by atoms with Gasteiger partial charge in [-0.15, -0.1) is 0 Å². The summed E-state index contributed by atoms with van der Waals surface area (Å²) in [4.78, 5) is 4.60. The molecule has 0 saturated carbocycles. The Morgan fingerprint density at radius 3 is 2.00 bits per heavy atom. The summed E-state index contributed by atoms with van der Waals surface area (Å²) in [6.07, 6.45) is -0.277. The molecule has 0 aromatic heterocycles. The lowest BCUT2D eigenvalue weighted by atomic mass is 10.2. The van der Waals surface area contributed by atoms with Crippen LogP contribution in [0.1, 0.15) is 20.8 Å². The number of aliphatic hydroxyl groups excluding tert-OH is 1. The van der Waals surface area contributed by atoms with Gasteiger partial charge in [0.15, 0.2) is 0 Å². The van der Waals surface area contributed by atoms with Gasteiger partial charge in [0.25, 0.3) is 0 Å². The van der Waals surface area contributed by atoms with E-state index in [1.165, 1.54) is 6.54 Å². The van der Waals surface area contributed by atoms with Gasteiger partial charge in [-0.3, -0.25) is 4.90 Å². The maximum Gasteiger partial charge on any atom is 0.104 e. The molecule has 1 heterocycles. The normalized spacial score (nSPS) is 23.8. The van der Waals surface area contributed by atoms with Crippen LogP contribution in [0, 0.1) is 5.92 Å². The van der Waals surface area contributed by atoms with Gasteiger partial charge in [-0.05, 0) is 12.8 Å². The summed E-state index contributed by atoms with van der Waals surface area (Å²) < 4.78 is 0. The highest BCUT2D eigenvalue weighted by atomic mass is 16.3. The molecule has 1 rings (SSSR count). The van der Waals surface area contributed by atoms with Crippen LogP contribution >= 0.6 is 0 Å². The van der Waals surface area contributed by atoms with Gasteiger partial charge in [0.05, 0.1) is 0 Å². The summed E-state index contributed by atoms with van der Waals surface area (Å²) in [5.74, 6) is 0.748. The van der Waals surface area contributed by atoms with Gasteiger partial charge in [0.2, 0.25) is 0 Å². The van der Waals surface area contributed by atoms with Crippen LogP contribution in [-0.4, -0.2) is 53.9 Å². The molecule has 0 amide bonds. The highest BCUT2D eigenvalue weighted by Crippen LogP contribution is 2.06. The Morgan fingerprint density at radius 2 is 1.62 bits per heavy atom. The Kier molecular flexibility index (Phi) is 4.16. The zero-order chi connectivity index (χ0) is 9.84. The van der Waals surface area contributed by atoms with Crippen molar-refractivity contribution in [3.8, 4) is 0 Å². The van der Waals surface area contributed by atoms with E-state index in [0.29, 0.717) is 0 Å². The lowest BCUT2D eigenvalue weighted by Crippen LogP contribution is -2.50. The fourth-order valence-electron chi connectivity index (χ4n) is 1.84. The Morgan fingerprint density at radius 1 is 1.08 bits per heavy atom. The third-order valence-corrected chi connectivity index (χ3v) is 2.56. The Hall–Kier alpha value is -0.120. The molecular formula is C10H22N2O. The highest BCUT2D eigenvalue weighted by Gasteiger charge is 2.19. The summed E-state index contributed by atoms with van der Waals surface area (Å²) in [7, 11) is 0. The van der Waals surface area contributed by atoms with E-state index in [-0.39, 0.29) is 6.23 Å². The van der Waals surface area contributed by atoms with Crippen molar-refractivity contribution >= 4 is 0 Å². The Labute approximate surface area is 81.3 Å². The molecule has 1 N–H and O–H groups in total. The van der Waals surface area contributed by atoms with Gasteiger partial charge < -0.3 is 10.0 Å². The van der Waals surface area contributed by atoms with Gasteiger partial charge in [0.1, 0.15) is 6.23 Å². The number of hydrogen-bond acceptors (Lipinski definition) is 3. The van der Waals surface area contributed by atoms with E-state index >= 15 is 0 Å². The topological polar surface area (TPSA) is 26.7 Å². The van der Waals surface area contributed by atoms with Crippen LogP contribution in [0.5, 0.6) is 0 Å². The van der Waals surface area contributed by atoms with E-state index in [0.717, 1.165) is 32.1 Å². The molecule has 1 saturated heterocycles. The molecule has 0 aromatic rings. The fraction of sp³-hybridized carbons (Fsp3) is 1.00. The van der Waals surface area contributed by atoms with Gasteiger partial charge >= 0.3 is 0 Å². The molecule has 0 aliphatic carbocycles. The highest BCUT2D eigenvalue weighted by molar-refractivity contribution is 4.72. The summed E-state index contributed by atoms with van der Waals surface area (Å²) in [6, 6.07) is 0. The van der Waals surface area contributed by atoms with Gasteiger partial charge in [0, 0.05) is 32.7 Å². The molecule has 0 aromatic carbocycles. The zero-order valence-corrected chi connectivity index (χ0v) is 9.03. The van der Waals surface area contributed by atoms with Crippen LogP contribution in [0.2, 0.25) is 0 Å². The predicted octanol–water partition coefficient (Wildman–Crippen LogP) is 0.598. The molecule has 78 valence electrons. The van der Waals surface area contributed by atoms with E-state index in [9.17, 15) is 5.11 Å². The summed E-state index contributed by atoms with van der Waals surface area (Å²) >= 11 is 0. The number of aliphatic hydroxyl groups is 1. The number of piperazine rings is 1. The lowest BCUT2D eigenvalue weighted by molar-refractivity contribution is -0.0144. The van der Waals surface area contributed by atoms with Crippen LogP contribution in [0.15, 0.2) is 0 Å². The maximum absolute atomic E-state index is 9.35. The van der Waals surface area contributed by atoms with E-state index in [1.807, 2.05) is 6.92 Å². The first-order chi connectivity index (χ1) is 6.09. The molecule has 0 bridgehead atoms.